The van der Waals surface area contributed by atoms with Gasteiger partial charge in [-0.05, 0) is 42.7 Å². The largest absolute Gasteiger partial charge is 0.497 e. The van der Waals surface area contributed by atoms with Crippen LogP contribution < -0.4 is 14.4 Å². The Kier molecular flexibility index (Phi) is 5.77. The summed E-state index contributed by atoms with van der Waals surface area (Å²) in [6.45, 7) is 0.325. The second-order valence-corrected chi connectivity index (χ2v) is 8.03. The predicted octanol–water partition coefficient (Wildman–Crippen LogP) is 5.35. The molecule has 2 aromatic carbocycles. The zero-order valence-corrected chi connectivity index (χ0v) is 18.7. The summed E-state index contributed by atoms with van der Waals surface area (Å²) in [7, 11) is 3.13. The van der Waals surface area contributed by atoms with Gasteiger partial charge < -0.3 is 14.4 Å². The molecule has 0 unspecified atom stereocenters. The smallest absolute Gasteiger partial charge is 0.277 e. The van der Waals surface area contributed by atoms with Crippen molar-refractivity contribution in [1.29, 1.82) is 0 Å². The first-order valence-electron chi connectivity index (χ1n) is 8.91. The van der Waals surface area contributed by atoms with Crippen molar-refractivity contribution in [1.82, 2.24) is 9.97 Å². The van der Waals surface area contributed by atoms with Gasteiger partial charge in [-0.3, -0.25) is 4.79 Å². The summed E-state index contributed by atoms with van der Waals surface area (Å²) in [5.41, 5.74) is 3.05. The molecule has 1 amide bonds. The van der Waals surface area contributed by atoms with Crippen molar-refractivity contribution in [2.45, 2.75) is 11.7 Å². The van der Waals surface area contributed by atoms with Gasteiger partial charge in [0.1, 0.15) is 17.2 Å². The molecule has 1 aliphatic heterocycles. The van der Waals surface area contributed by atoms with Crippen LogP contribution in [-0.4, -0.2) is 36.4 Å². The number of halogens is 2. The quantitative estimate of drug-likeness (QED) is 0.376. The Morgan fingerprint density at radius 1 is 1.00 bits per heavy atom. The monoisotopic (exact) mass is 461 g/mol. The number of carbonyl (C=O) groups excluding carboxylic acids is 1. The minimum absolute atomic E-state index is 0.189. The highest BCUT2D eigenvalue weighted by Gasteiger charge is 2.34. The summed E-state index contributed by atoms with van der Waals surface area (Å²) >= 11 is 14.0. The number of aromatic nitrogens is 2. The molecule has 0 bridgehead atoms. The SMILES string of the molecule is COc1ccc(N2Cc3c(nc(SC)nc3-c3cc(OC)c(Cl)cc3Cl)C2=O)cc1. The maximum Gasteiger partial charge on any atom is 0.277 e. The standard InChI is InChI=1S/C21H17Cl2N3O3S/c1-28-12-6-4-11(5-7-12)26-10-14-18(24-21(30-3)25-19(14)20(26)27)13-8-17(29-2)16(23)9-15(13)22/h4-9H,10H2,1-3H3. The molecular formula is C21H17Cl2N3O3S. The lowest BCUT2D eigenvalue weighted by Gasteiger charge is -2.16. The van der Waals surface area contributed by atoms with Gasteiger partial charge in [-0.25, -0.2) is 9.97 Å². The van der Waals surface area contributed by atoms with Gasteiger partial charge in [0.25, 0.3) is 5.91 Å². The Morgan fingerprint density at radius 2 is 1.70 bits per heavy atom. The molecule has 0 atom stereocenters. The zero-order valence-electron chi connectivity index (χ0n) is 16.4. The molecule has 0 aliphatic carbocycles. The van der Waals surface area contributed by atoms with E-state index in [0.29, 0.717) is 55.8 Å². The first-order chi connectivity index (χ1) is 14.5. The van der Waals surface area contributed by atoms with Crippen molar-refractivity contribution < 1.29 is 14.3 Å². The van der Waals surface area contributed by atoms with Gasteiger partial charge in [-0.2, -0.15) is 0 Å². The van der Waals surface area contributed by atoms with Crippen molar-refractivity contribution in [3.05, 3.63) is 57.7 Å². The van der Waals surface area contributed by atoms with E-state index in [4.69, 9.17) is 32.7 Å². The number of ether oxygens (including phenoxy) is 2. The number of fused-ring (bicyclic) bond motifs is 1. The van der Waals surface area contributed by atoms with Crippen LogP contribution in [-0.2, 0) is 6.54 Å². The third-order valence-electron chi connectivity index (χ3n) is 4.81. The molecule has 0 saturated heterocycles. The Bertz CT molecular complexity index is 1140. The maximum absolute atomic E-state index is 13.2. The second-order valence-electron chi connectivity index (χ2n) is 6.44. The van der Waals surface area contributed by atoms with E-state index >= 15 is 0 Å². The number of thioether (sulfide) groups is 1. The van der Waals surface area contributed by atoms with Crippen LogP contribution in [0.1, 0.15) is 16.1 Å². The summed E-state index contributed by atoms with van der Waals surface area (Å²) in [4.78, 5) is 24.0. The first-order valence-corrected chi connectivity index (χ1v) is 10.9. The highest BCUT2D eigenvalue weighted by Crippen LogP contribution is 2.41. The topological polar surface area (TPSA) is 64.6 Å². The molecule has 154 valence electrons. The molecule has 30 heavy (non-hydrogen) atoms. The average molecular weight is 462 g/mol. The number of hydrogen-bond donors (Lipinski definition) is 0. The highest BCUT2D eigenvalue weighted by atomic mass is 35.5. The van der Waals surface area contributed by atoms with Gasteiger partial charge >= 0.3 is 0 Å². The lowest BCUT2D eigenvalue weighted by molar-refractivity contribution is 0.0991. The van der Waals surface area contributed by atoms with E-state index in [2.05, 4.69) is 9.97 Å². The number of methoxy groups -OCH3 is 2. The zero-order chi connectivity index (χ0) is 21.4. The number of hydrogen-bond acceptors (Lipinski definition) is 6. The summed E-state index contributed by atoms with van der Waals surface area (Å²) in [5.74, 6) is 1.00. The molecule has 0 spiro atoms. The average Bonchev–Trinajstić information content (AvgIpc) is 3.10. The van der Waals surface area contributed by atoms with E-state index in [1.807, 2.05) is 30.5 Å². The van der Waals surface area contributed by atoms with Crippen LogP contribution in [0.15, 0.2) is 41.6 Å². The number of nitrogens with zero attached hydrogens (tertiary/aromatic N) is 3. The van der Waals surface area contributed by atoms with Crippen LogP contribution >= 0.6 is 35.0 Å². The first kappa shape index (κ1) is 20.8. The van der Waals surface area contributed by atoms with Crippen LogP contribution in [0.3, 0.4) is 0 Å². The number of carbonyl (C=O) groups is 1. The van der Waals surface area contributed by atoms with Crippen molar-refractivity contribution in [3.63, 3.8) is 0 Å². The molecule has 2 heterocycles. The number of amides is 1. The van der Waals surface area contributed by atoms with E-state index < -0.39 is 0 Å². The minimum atomic E-state index is -0.189. The van der Waals surface area contributed by atoms with Gasteiger partial charge in [0, 0.05) is 16.8 Å². The van der Waals surface area contributed by atoms with Crippen LogP contribution in [0.5, 0.6) is 11.5 Å². The summed E-state index contributed by atoms with van der Waals surface area (Å²) in [5, 5.41) is 1.31. The Morgan fingerprint density at radius 3 is 2.33 bits per heavy atom. The van der Waals surface area contributed by atoms with Crippen LogP contribution in [0, 0.1) is 0 Å². The Hall–Kier alpha value is -2.48. The van der Waals surface area contributed by atoms with E-state index in [0.717, 1.165) is 5.69 Å². The number of benzene rings is 2. The third kappa shape index (κ3) is 3.57. The van der Waals surface area contributed by atoms with E-state index in [1.54, 1.807) is 24.1 Å². The lowest BCUT2D eigenvalue weighted by Crippen LogP contribution is -2.23. The molecule has 1 aromatic heterocycles. The van der Waals surface area contributed by atoms with Crippen LogP contribution in [0.2, 0.25) is 10.0 Å². The fourth-order valence-corrected chi connectivity index (χ4v) is 4.21. The van der Waals surface area contributed by atoms with Crippen molar-refractivity contribution >= 4 is 46.6 Å². The summed E-state index contributed by atoms with van der Waals surface area (Å²) in [6.07, 6.45) is 1.86. The molecule has 0 N–H and O–H groups in total. The predicted molar refractivity (Wildman–Crippen MR) is 119 cm³/mol. The summed E-state index contributed by atoms with van der Waals surface area (Å²) in [6, 6.07) is 10.6. The van der Waals surface area contributed by atoms with Gasteiger partial charge in [0.05, 0.1) is 36.5 Å². The molecule has 6 nitrogen and oxygen atoms in total. The fourth-order valence-electron chi connectivity index (χ4n) is 3.30. The molecule has 1 aliphatic rings. The molecular weight excluding hydrogens is 445 g/mol. The minimum Gasteiger partial charge on any atom is -0.497 e. The third-order valence-corrected chi connectivity index (χ3v) is 5.97. The molecule has 0 fully saturated rings. The fraction of sp³-hybridized carbons (Fsp3) is 0.190. The molecule has 0 radical (unpaired) electrons. The van der Waals surface area contributed by atoms with E-state index in [-0.39, 0.29) is 5.91 Å². The second kappa shape index (κ2) is 8.34. The number of anilines is 1. The molecule has 0 saturated carbocycles. The van der Waals surface area contributed by atoms with Gasteiger partial charge in [0.2, 0.25) is 0 Å². The Labute approximate surface area is 188 Å². The van der Waals surface area contributed by atoms with E-state index in [1.165, 1.54) is 18.9 Å². The summed E-state index contributed by atoms with van der Waals surface area (Å²) < 4.78 is 10.5. The van der Waals surface area contributed by atoms with Crippen LogP contribution in [0.4, 0.5) is 5.69 Å². The van der Waals surface area contributed by atoms with Crippen molar-refractivity contribution in [2.24, 2.45) is 0 Å². The molecule has 9 heteroatoms. The highest BCUT2D eigenvalue weighted by molar-refractivity contribution is 7.98. The van der Waals surface area contributed by atoms with Crippen molar-refractivity contribution in [2.75, 3.05) is 25.4 Å². The van der Waals surface area contributed by atoms with Gasteiger partial charge in [-0.15, -0.1) is 0 Å². The Balaban J connectivity index is 1.85. The van der Waals surface area contributed by atoms with E-state index in [9.17, 15) is 4.79 Å². The number of rotatable bonds is 5. The van der Waals surface area contributed by atoms with Crippen LogP contribution in [0.25, 0.3) is 11.3 Å². The van der Waals surface area contributed by atoms with Crippen molar-refractivity contribution in [3.8, 4) is 22.8 Å². The molecule has 3 aromatic rings. The maximum atomic E-state index is 13.2. The lowest BCUT2D eigenvalue weighted by atomic mass is 10.1. The normalized spacial score (nSPS) is 12.8. The van der Waals surface area contributed by atoms with Gasteiger partial charge in [-0.1, -0.05) is 35.0 Å². The van der Waals surface area contributed by atoms with Gasteiger partial charge in [0.15, 0.2) is 5.16 Å². The molecule has 4 rings (SSSR count).